The minimum Gasteiger partial charge on any atom is -0.400 e. The molecule has 0 aromatic heterocycles. The Labute approximate surface area is 194 Å². The van der Waals surface area contributed by atoms with E-state index in [1.165, 1.54) is 15.6 Å². The molecule has 0 spiro atoms. The van der Waals surface area contributed by atoms with E-state index in [0.29, 0.717) is 0 Å². The SMILES string of the molecule is C=C(B1OC(C)(C)C(C)(C)O1)C(C)[Si](c1ccccc1)(c1ccccc1)c1ccccc1. The van der Waals surface area contributed by atoms with Gasteiger partial charge < -0.3 is 9.31 Å². The Balaban J connectivity index is 1.91. The molecule has 0 N–H and O–H groups in total. The van der Waals surface area contributed by atoms with Crippen molar-refractivity contribution in [1.82, 2.24) is 0 Å². The van der Waals surface area contributed by atoms with Crippen LogP contribution in [0, 0.1) is 0 Å². The van der Waals surface area contributed by atoms with E-state index in [4.69, 9.17) is 9.31 Å². The van der Waals surface area contributed by atoms with Gasteiger partial charge >= 0.3 is 7.12 Å². The first-order valence-electron chi connectivity index (χ1n) is 11.4. The Hall–Kier alpha value is -2.40. The molecule has 1 atom stereocenters. The molecule has 3 aromatic carbocycles. The molecule has 4 heteroatoms. The normalized spacial score (nSPS) is 18.3. The van der Waals surface area contributed by atoms with E-state index in [1.807, 2.05) is 0 Å². The number of allylic oxidation sites excluding steroid dienone is 1. The van der Waals surface area contributed by atoms with Gasteiger partial charge in [-0.3, -0.25) is 0 Å². The lowest BCUT2D eigenvalue weighted by Gasteiger charge is -2.40. The predicted octanol–water partition coefficient (Wildman–Crippen LogP) is 4.73. The van der Waals surface area contributed by atoms with Gasteiger partial charge in [-0.1, -0.05) is 97.9 Å². The van der Waals surface area contributed by atoms with Crippen LogP contribution >= 0.6 is 0 Å². The number of hydrogen-bond donors (Lipinski definition) is 0. The second-order valence-electron chi connectivity index (χ2n) is 9.79. The quantitative estimate of drug-likeness (QED) is 0.408. The fourth-order valence-corrected chi connectivity index (χ4v) is 10.2. The van der Waals surface area contributed by atoms with Gasteiger partial charge in [0.05, 0.1) is 11.2 Å². The van der Waals surface area contributed by atoms with Crippen molar-refractivity contribution < 1.29 is 9.31 Å². The first-order valence-corrected chi connectivity index (χ1v) is 13.5. The molecule has 0 radical (unpaired) electrons. The maximum absolute atomic E-state index is 6.45. The summed E-state index contributed by atoms with van der Waals surface area (Å²) in [4.78, 5) is 0. The van der Waals surface area contributed by atoms with Crippen LogP contribution in [0.2, 0.25) is 5.54 Å². The van der Waals surface area contributed by atoms with Crippen LogP contribution < -0.4 is 15.6 Å². The zero-order valence-corrected chi connectivity index (χ0v) is 20.8. The average molecular weight is 440 g/mol. The molecule has 1 aliphatic heterocycles. The van der Waals surface area contributed by atoms with Crippen LogP contribution in [0.4, 0.5) is 0 Å². The van der Waals surface area contributed by atoms with Gasteiger partial charge in [0.25, 0.3) is 0 Å². The van der Waals surface area contributed by atoms with Crippen LogP contribution in [0.5, 0.6) is 0 Å². The lowest BCUT2D eigenvalue weighted by atomic mass is 9.77. The zero-order chi connectivity index (χ0) is 23.0. The molecule has 1 saturated heterocycles. The molecular formula is C28H33BO2Si. The van der Waals surface area contributed by atoms with Crippen LogP contribution in [-0.4, -0.2) is 26.4 Å². The Kier molecular flexibility index (Phi) is 6.06. The Morgan fingerprint density at radius 1 is 0.688 bits per heavy atom. The van der Waals surface area contributed by atoms with E-state index in [1.54, 1.807) is 0 Å². The molecule has 1 unspecified atom stereocenters. The molecule has 0 saturated carbocycles. The fraction of sp³-hybridized carbons (Fsp3) is 0.286. The summed E-state index contributed by atoms with van der Waals surface area (Å²) in [7, 11) is -2.94. The van der Waals surface area contributed by atoms with Crippen molar-refractivity contribution in [3.05, 3.63) is 103 Å². The Morgan fingerprint density at radius 3 is 1.31 bits per heavy atom. The molecule has 0 aliphatic carbocycles. The summed E-state index contributed by atoms with van der Waals surface area (Å²) in [5.41, 5.74) is 0.365. The van der Waals surface area contributed by atoms with Gasteiger partial charge in [-0.05, 0) is 54.3 Å². The lowest BCUT2D eigenvalue weighted by Crippen LogP contribution is -2.70. The van der Waals surface area contributed by atoms with E-state index in [9.17, 15) is 0 Å². The molecular weight excluding hydrogens is 407 g/mol. The molecule has 1 fully saturated rings. The molecule has 3 aromatic rings. The lowest BCUT2D eigenvalue weighted by molar-refractivity contribution is 0.00578. The van der Waals surface area contributed by atoms with Crippen molar-refractivity contribution in [1.29, 1.82) is 0 Å². The summed E-state index contributed by atoms with van der Waals surface area (Å²) in [5, 5.41) is 4.09. The Bertz CT molecular complexity index is 952. The van der Waals surface area contributed by atoms with E-state index in [-0.39, 0.29) is 5.54 Å². The molecule has 1 heterocycles. The van der Waals surface area contributed by atoms with Gasteiger partial charge in [-0.15, -0.1) is 6.58 Å². The van der Waals surface area contributed by atoms with Crippen molar-refractivity contribution in [3.63, 3.8) is 0 Å². The van der Waals surface area contributed by atoms with Crippen molar-refractivity contribution in [2.75, 3.05) is 0 Å². The minimum atomic E-state index is -2.51. The summed E-state index contributed by atoms with van der Waals surface area (Å²) >= 11 is 0. The molecule has 0 bridgehead atoms. The fourth-order valence-electron chi connectivity index (χ4n) is 4.83. The first-order chi connectivity index (χ1) is 15.2. The largest absolute Gasteiger partial charge is 0.489 e. The van der Waals surface area contributed by atoms with Gasteiger partial charge in [0.15, 0.2) is 8.07 Å². The zero-order valence-electron chi connectivity index (χ0n) is 19.8. The van der Waals surface area contributed by atoms with Crippen molar-refractivity contribution in [2.45, 2.75) is 51.4 Å². The standard InChI is InChI=1S/C28H33BO2Si/c1-22(29-30-27(3,4)28(5,6)31-29)23(2)32(24-16-10-7-11-17-24,25-18-12-8-13-19-25)26-20-14-9-15-21-26/h7-21,23H,1H2,2-6H3. The third-order valence-electron chi connectivity index (χ3n) is 7.45. The van der Waals surface area contributed by atoms with Crippen molar-refractivity contribution >= 4 is 30.8 Å². The molecule has 0 amide bonds. The summed E-state index contributed by atoms with van der Waals surface area (Å²) < 4.78 is 12.9. The average Bonchev–Trinajstić information content (AvgIpc) is 3.03. The maximum atomic E-state index is 6.45. The summed E-state index contributed by atoms with van der Waals surface area (Å²) in [6, 6.07) is 32.8. The summed E-state index contributed by atoms with van der Waals surface area (Å²) in [5.74, 6) is 0. The highest BCUT2D eigenvalue weighted by atomic mass is 28.3. The first kappa shape index (κ1) is 22.8. The van der Waals surface area contributed by atoms with Crippen LogP contribution in [0.25, 0.3) is 0 Å². The van der Waals surface area contributed by atoms with Crippen molar-refractivity contribution in [2.24, 2.45) is 0 Å². The number of hydrogen-bond acceptors (Lipinski definition) is 2. The highest BCUT2D eigenvalue weighted by Crippen LogP contribution is 2.42. The third-order valence-corrected chi connectivity index (χ3v) is 12.9. The monoisotopic (exact) mass is 440 g/mol. The number of rotatable bonds is 6. The van der Waals surface area contributed by atoms with Gasteiger partial charge in [-0.2, -0.15) is 0 Å². The van der Waals surface area contributed by atoms with Crippen LogP contribution in [0.15, 0.2) is 103 Å². The van der Waals surface area contributed by atoms with Gasteiger partial charge in [0.2, 0.25) is 0 Å². The summed E-state index contributed by atoms with van der Waals surface area (Å²) in [6.07, 6.45) is 0. The number of benzene rings is 3. The molecule has 2 nitrogen and oxygen atoms in total. The second-order valence-corrected chi connectivity index (χ2v) is 14.0. The third kappa shape index (κ3) is 3.71. The smallest absolute Gasteiger partial charge is 0.400 e. The van der Waals surface area contributed by atoms with Gasteiger partial charge in [-0.25, -0.2) is 0 Å². The highest BCUT2D eigenvalue weighted by Gasteiger charge is 2.55. The highest BCUT2D eigenvalue weighted by molar-refractivity contribution is 7.13. The van der Waals surface area contributed by atoms with Crippen LogP contribution in [-0.2, 0) is 9.31 Å². The van der Waals surface area contributed by atoms with Gasteiger partial charge in [0, 0.05) is 0 Å². The van der Waals surface area contributed by atoms with E-state index in [0.717, 1.165) is 5.47 Å². The molecule has 164 valence electrons. The predicted molar refractivity (Wildman–Crippen MR) is 139 cm³/mol. The van der Waals surface area contributed by atoms with Crippen LogP contribution in [0.1, 0.15) is 34.6 Å². The topological polar surface area (TPSA) is 18.5 Å². The molecule has 4 rings (SSSR count). The van der Waals surface area contributed by atoms with Gasteiger partial charge in [0.1, 0.15) is 0 Å². The molecule has 1 aliphatic rings. The van der Waals surface area contributed by atoms with Crippen LogP contribution in [0.3, 0.4) is 0 Å². The summed E-state index contributed by atoms with van der Waals surface area (Å²) in [6.45, 7) is 15.3. The minimum absolute atomic E-state index is 0.143. The van der Waals surface area contributed by atoms with E-state index >= 15 is 0 Å². The van der Waals surface area contributed by atoms with E-state index in [2.05, 4.69) is 132 Å². The molecule has 32 heavy (non-hydrogen) atoms. The van der Waals surface area contributed by atoms with E-state index < -0.39 is 26.4 Å². The second kappa shape index (κ2) is 8.51. The van der Waals surface area contributed by atoms with Crippen molar-refractivity contribution in [3.8, 4) is 0 Å². The maximum Gasteiger partial charge on any atom is 0.489 e. The Morgan fingerprint density at radius 2 is 1.00 bits per heavy atom.